The highest BCUT2D eigenvalue weighted by Crippen LogP contribution is 2.25. The molecule has 1 amide bonds. The van der Waals surface area contributed by atoms with Crippen molar-refractivity contribution in [1.82, 2.24) is 0 Å². The maximum atomic E-state index is 12.2. The zero-order chi connectivity index (χ0) is 17.5. The predicted octanol–water partition coefficient (Wildman–Crippen LogP) is 3.05. The van der Waals surface area contributed by atoms with Gasteiger partial charge in [0.05, 0.1) is 24.4 Å². The zero-order valence-corrected chi connectivity index (χ0v) is 15.2. The summed E-state index contributed by atoms with van der Waals surface area (Å²) < 4.78 is 5.42. The van der Waals surface area contributed by atoms with Crippen molar-refractivity contribution in [2.24, 2.45) is 0 Å². The smallest absolute Gasteiger partial charge is 0.279 e. The molecule has 2 aromatic carbocycles. The Morgan fingerprint density at radius 3 is 2.54 bits per heavy atom. The number of quaternary nitrogens is 1. The molecule has 1 unspecified atom stereocenters. The van der Waals surface area contributed by atoms with Gasteiger partial charge in [0.1, 0.15) is 12.3 Å². The molecular formula is C18H21Cl2N2O2+. The quantitative estimate of drug-likeness (QED) is 0.789. The molecule has 6 heteroatoms. The number of likely N-dealkylation sites (N-methyl/N-ethyl adjacent to an activating group) is 1. The van der Waals surface area contributed by atoms with Crippen molar-refractivity contribution in [3.63, 3.8) is 0 Å². The summed E-state index contributed by atoms with van der Waals surface area (Å²) in [5, 5.41) is 3.80. The maximum absolute atomic E-state index is 12.2. The molecule has 0 aliphatic heterocycles. The lowest BCUT2D eigenvalue weighted by atomic mass is 10.2. The summed E-state index contributed by atoms with van der Waals surface area (Å²) in [6.45, 7) is 3.67. The average Bonchev–Trinajstić information content (AvgIpc) is 2.53. The van der Waals surface area contributed by atoms with Gasteiger partial charge in [-0.1, -0.05) is 23.2 Å². The number of anilines is 1. The average molecular weight is 368 g/mol. The van der Waals surface area contributed by atoms with E-state index in [9.17, 15) is 4.79 Å². The van der Waals surface area contributed by atoms with Gasteiger partial charge in [-0.15, -0.1) is 0 Å². The van der Waals surface area contributed by atoms with Crippen molar-refractivity contribution in [3.05, 3.63) is 58.1 Å². The molecule has 1 atom stereocenters. The topological polar surface area (TPSA) is 42.8 Å². The van der Waals surface area contributed by atoms with Crippen molar-refractivity contribution in [2.75, 3.05) is 25.5 Å². The van der Waals surface area contributed by atoms with Gasteiger partial charge >= 0.3 is 0 Å². The highest BCUT2D eigenvalue weighted by molar-refractivity contribution is 6.35. The van der Waals surface area contributed by atoms with Crippen LogP contribution in [0.15, 0.2) is 42.5 Å². The zero-order valence-electron chi connectivity index (χ0n) is 13.7. The van der Waals surface area contributed by atoms with E-state index in [4.69, 9.17) is 27.9 Å². The Balaban J connectivity index is 1.88. The fourth-order valence-corrected chi connectivity index (χ4v) is 2.68. The van der Waals surface area contributed by atoms with Crippen molar-refractivity contribution in [2.45, 2.75) is 13.5 Å². The van der Waals surface area contributed by atoms with Gasteiger partial charge < -0.3 is 15.0 Å². The first-order chi connectivity index (χ1) is 11.5. The van der Waals surface area contributed by atoms with Crippen LogP contribution in [0.25, 0.3) is 0 Å². The predicted molar refractivity (Wildman–Crippen MR) is 98.2 cm³/mol. The number of rotatable bonds is 7. The number of nitrogens with one attached hydrogen (secondary N) is 2. The summed E-state index contributed by atoms with van der Waals surface area (Å²) in [5.74, 6) is 0.745. The second-order valence-electron chi connectivity index (χ2n) is 5.56. The van der Waals surface area contributed by atoms with Crippen LogP contribution >= 0.6 is 23.2 Å². The van der Waals surface area contributed by atoms with E-state index in [0.29, 0.717) is 28.9 Å². The monoisotopic (exact) mass is 367 g/mol. The highest BCUT2D eigenvalue weighted by Gasteiger charge is 2.12. The van der Waals surface area contributed by atoms with E-state index >= 15 is 0 Å². The van der Waals surface area contributed by atoms with Gasteiger partial charge in [0.15, 0.2) is 6.54 Å². The minimum Gasteiger partial charge on any atom is -0.494 e. The van der Waals surface area contributed by atoms with Crippen molar-refractivity contribution >= 4 is 34.8 Å². The number of hydrogen-bond acceptors (Lipinski definition) is 2. The normalized spacial score (nSPS) is 11.8. The van der Waals surface area contributed by atoms with E-state index in [1.165, 1.54) is 0 Å². The van der Waals surface area contributed by atoms with E-state index in [-0.39, 0.29) is 5.91 Å². The summed E-state index contributed by atoms with van der Waals surface area (Å²) in [7, 11) is 1.97. The molecule has 2 aromatic rings. The Morgan fingerprint density at radius 2 is 1.88 bits per heavy atom. The summed E-state index contributed by atoms with van der Waals surface area (Å²) >= 11 is 12.0. The Morgan fingerprint density at radius 1 is 1.17 bits per heavy atom. The van der Waals surface area contributed by atoms with Crippen LogP contribution in [0.3, 0.4) is 0 Å². The maximum Gasteiger partial charge on any atom is 0.279 e. The molecule has 2 rings (SSSR count). The van der Waals surface area contributed by atoms with Crippen LogP contribution in [0.2, 0.25) is 10.0 Å². The van der Waals surface area contributed by atoms with Crippen molar-refractivity contribution in [3.8, 4) is 5.75 Å². The van der Waals surface area contributed by atoms with Gasteiger partial charge in [0.25, 0.3) is 5.91 Å². The van der Waals surface area contributed by atoms with Gasteiger partial charge in [-0.25, -0.2) is 0 Å². The van der Waals surface area contributed by atoms with Gasteiger partial charge in [-0.3, -0.25) is 4.79 Å². The van der Waals surface area contributed by atoms with Crippen molar-refractivity contribution < 1.29 is 14.4 Å². The standard InChI is InChI=1S/C18H20Cl2N2O2/c1-3-24-15-7-4-13(5-8-15)11-22(2)12-18(23)21-17-10-14(19)6-9-16(17)20/h4-10H,3,11-12H2,1-2H3,(H,21,23)/p+1. The molecule has 0 saturated carbocycles. The molecule has 0 bridgehead atoms. The largest absolute Gasteiger partial charge is 0.494 e. The molecule has 2 N–H and O–H groups in total. The first-order valence-corrected chi connectivity index (χ1v) is 8.51. The molecule has 0 aromatic heterocycles. The molecule has 0 aliphatic carbocycles. The second kappa shape index (κ2) is 8.92. The first-order valence-electron chi connectivity index (χ1n) is 7.76. The van der Waals surface area contributed by atoms with E-state index in [1.54, 1.807) is 18.2 Å². The fourth-order valence-electron chi connectivity index (χ4n) is 2.34. The lowest BCUT2D eigenvalue weighted by molar-refractivity contribution is -0.885. The second-order valence-corrected chi connectivity index (χ2v) is 6.40. The van der Waals surface area contributed by atoms with Crippen LogP contribution < -0.4 is 15.0 Å². The minimum atomic E-state index is -0.109. The number of hydrogen-bond donors (Lipinski definition) is 2. The number of benzene rings is 2. The Kier molecular flexibility index (Phi) is 6.91. The molecule has 128 valence electrons. The molecule has 24 heavy (non-hydrogen) atoms. The van der Waals surface area contributed by atoms with Gasteiger partial charge in [-0.05, 0) is 49.4 Å². The Hall–Kier alpha value is -1.75. The van der Waals surface area contributed by atoms with Crippen LogP contribution in [0, 0.1) is 0 Å². The van der Waals surface area contributed by atoms with E-state index < -0.39 is 0 Å². The summed E-state index contributed by atoms with van der Waals surface area (Å²) in [6, 6.07) is 12.9. The third-order valence-electron chi connectivity index (χ3n) is 3.41. The fraction of sp³-hybridized carbons (Fsp3) is 0.278. The van der Waals surface area contributed by atoms with Gasteiger partial charge in [0.2, 0.25) is 0 Å². The molecule has 4 nitrogen and oxygen atoms in total. The SMILES string of the molecule is CCOc1ccc(C[NH+](C)CC(=O)Nc2cc(Cl)ccc2Cl)cc1. The summed E-state index contributed by atoms with van der Waals surface area (Å²) in [4.78, 5) is 13.2. The molecule has 0 saturated heterocycles. The first kappa shape index (κ1) is 18.6. The number of carbonyl (C=O) groups excluding carboxylic acids is 1. The molecule has 0 spiro atoms. The number of ether oxygens (including phenoxy) is 1. The minimum absolute atomic E-state index is 0.109. The van der Waals surface area contributed by atoms with E-state index in [0.717, 1.165) is 22.8 Å². The Bertz CT molecular complexity index is 690. The third kappa shape index (κ3) is 5.71. The molecule has 0 radical (unpaired) electrons. The highest BCUT2D eigenvalue weighted by atomic mass is 35.5. The van der Waals surface area contributed by atoms with Gasteiger partial charge in [-0.2, -0.15) is 0 Å². The van der Waals surface area contributed by atoms with E-state index in [2.05, 4.69) is 5.32 Å². The van der Waals surface area contributed by atoms with Crippen LogP contribution in [-0.4, -0.2) is 26.1 Å². The lowest BCUT2D eigenvalue weighted by Crippen LogP contribution is -3.08. The van der Waals surface area contributed by atoms with Gasteiger partial charge in [0, 0.05) is 10.6 Å². The van der Waals surface area contributed by atoms with Crippen LogP contribution in [0.4, 0.5) is 5.69 Å². The van der Waals surface area contributed by atoms with Crippen LogP contribution in [0.1, 0.15) is 12.5 Å². The molecule has 0 aliphatic rings. The van der Waals surface area contributed by atoms with Crippen LogP contribution in [-0.2, 0) is 11.3 Å². The third-order valence-corrected chi connectivity index (χ3v) is 3.97. The molecule has 0 fully saturated rings. The molecule has 0 heterocycles. The number of carbonyl (C=O) groups is 1. The Labute approximate surface area is 152 Å². The summed E-state index contributed by atoms with van der Waals surface area (Å²) in [5.41, 5.74) is 1.67. The van der Waals surface area contributed by atoms with Crippen molar-refractivity contribution in [1.29, 1.82) is 0 Å². The molecular weight excluding hydrogens is 347 g/mol. The summed E-state index contributed by atoms with van der Waals surface area (Å²) in [6.07, 6.45) is 0. The number of halogens is 2. The van der Waals surface area contributed by atoms with E-state index in [1.807, 2.05) is 38.2 Å². The number of amides is 1. The lowest BCUT2D eigenvalue weighted by Gasteiger charge is -2.15. The van der Waals surface area contributed by atoms with Crippen LogP contribution in [0.5, 0.6) is 5.75 Å².